The van der Waals surface area contributed by atoms with Gasteiger partial charge in [-0.2, -0.15) is 0 Å². The zero-order valence-electron chi connectivity index (χ0n) is 18.4. The van der Waals surface area contributed by atoms with Crippen LogP contribution in [0.3, 0.4) is 0 Å². The Morgan fingerprint density at radius 3 is 1.12 bits per heavy atom. The maximum Gasteiger partial charge on any atom is 1.00 e. The molecule has 0 fully saturated rings. The zero-order chi connectivity index (χ0) is 20.8. The number of carboxylic acid groups (broad SMARTS) is 2. The van der Waals surface area contributed by atoms with Crippen LogP contribution in [-0.2, 0) is 20.8 Å². The van der Waals surface area contributed by atoms with Crippen LogP contribution in [0, 0.1) is 0 Å². The van der Waals surface area contributed by atoms with Crippen LogP contribution in [0.1, 0.15) is 0 Å². The molecule has 1 aromatic rings. The van der Waals surface area contributed by atoms with Crippen molar-refractivity contribution in [3.05, 3.63) is 24.3 Å². The van der Waals surface area contributed by atoms with Crippen molar-refractivity contribution in [3.63, 3.8) is 0 Å². The van der Waals surface area contributed by atoms with Crippen LogP contribution < -0.4 is 223 Å². The van der Waals surface area contributed by atoms with Crippen LogP contribution in [0.15, 0.2) is 24.3 Å². The van der Waals surface area contributed by atoms with Crippen LogP contribution >= 0.6 is 0 Å². The summed E-state index contributed by atoms with van der Waals surface area (Å²) in [6.45, 7) is 1.73. The fraction of sp³-hybridized carbons (Fsp3) is 0.462. The fourth-order valence-electron chi connectivity index (χ4n) is 0.904. The second-order valence-electron chi connectivity index (χ2n) is 3.68. The van der Waals surface area contributed by atoms with Crippen molar-refractivity contribution in [3.8, 4) is 11.5 Å². The van der Waals surface area contributed by atoms with Crippen LogP contribution in [0.4, 0.5) is 4.79 Å². The Bertz CT molecular complexity index is 415. The van der Waals surface area contributed by atoms with E-state index in [1.165, 1.54) is 24.3 Å². The van der Waals surface area contributed by atoms with Crippen molar-refractivity contribution in [2.45, 2.75) is 0 Å². The summed E-state index contributed by atoms with van der Waals surface area (Å²) in [6, 6.07) is 5.70. The van der Waals surface area contributed by atoms with Gasteiger partial charge in [-0.05, 0) is 24.3 Å². The van der Waals surface area contributed by atoms with Crippen molar-refractivity contribution >= 4 is 17.5 Å². The first-order chi connectivity index (χ1) is 12.2. The minimum atomic E-state index is -3.11. The summed E-state index contributed by atoms with van der Waals surface area (Å²) >= 11 is -3.11. The second kappa shape index (κ2) is 52.4. The van der Waals surface area contributed by atoms with Crippen LogP contribution in [0.25, 0.3) is 0 Å². The normalized spacial score (nSPS) is 7.28. The number of carbonyl (C=O) groups is 1. The molecular formula is C13H23BrK4O13S. The van der Waals surface area contributed by atoms with Crippen molar-refractivity contribution in [1.82, 2.24) is 0 Å². The monoisotopic (exact) mass is 654 g/mol. The van der Waals surface area contributed by atoms with E-state index in [9.17, 15) is 0 Å². The van der Waals surface area contributed by atoms with Gasteiger partial charge in [-0.15, -0.1) is 11.4 Å². The number of phenolic OH excluding ortho intramolecular Hbond substituents is 2. The first kappa shape index (κ1) is 61.2. The van der Waals surface area contributed by atoms with Gasteiger partial charge in [0.1, 0.15) is 11.5 Å². The van der Waals surface area contributed by atoms with Gasteiger partial charge in [0.2, 0.25) is 0 Å². The first-order valence-corrected chi connectivity index (χ1v) is 7.71. The fourth-order valence-corrected chi connectivity index (χ4v) is 0.904. The van der Waals surface area contributed by atoms with Crippen LogP contribution in [0.2, 0.25) is 0 Å². The van der Waals surface area contributed by atoms with E-state index in [2.05, 4.69) is 0 Å². The number of halogens is 1. The van der Waals surface area contributed by atoms with Gasteiger partial charge >= 0.3 is 212 Å². The molecule has 0 saturated carbocycles. The van der Waals surface area contributed by atoms with E-state index in [1.807, 2.05) is 0 Å². The number of aliphatic hydroxyl groups excluding tert-OH is 2. The summed E-state index contributed by atoms with van der Waals surface area (Å²) in [6.07, 6.45) is -1.83. The van der Waals surface area contributed by atoms with Crippen molar-refractivity contribution in [2.75, 3.05) is 39.6 Å². The minimum absolute atomic E-state index is 0. The van der Waals surface area contributed by atoms with Gasteiger partial charge in [-0.25, -0.2) is 4.79 Å². The van der Waals surface area contributed by atoms with Crippen molar-refractivity contribution in [1.29, 1.82) is 0 Å². The predicted octanol–water partition coefficient (Wildman–Crippen LogP) is -15.8. The molecule has 13 nitrogen and oxygen atoms in total. The van der Waals surface area contributed by atoms with Gasteiger partial charge in [0, 0.05) is 0 Å². The van der Waals surface area contributed by atoms with E-state index in [0.29, 0.717) is 26.4 Å². The first-order valence-electron chi connectivity index (χ1n) is 6.71. The Morgan fingerprint density at radius 1 is 0.781 bits per heavy atom. The zero-order valence-corrected chi connectivity index (χ0v) is 33.3. The van der Waals surface area contributed by atoms with Crippen molar-refractivity contribution < 1.29 is 286 Å². The molecule has 0 aliphatic heterocycles. The number of phenols is 2. The molecule has 0 atom stereocenters. The van der Waals surface area contributed by atoms with E-state index < -0.39 is 17.5 Å². The van der Waals surface area contributed by atoms with Crippen LogP contribution in [-0.4, -0.2) is 95.2 Å². The topological polar surface area (TPSA) is 250 Å². The quantitative estimate of drug-likeness (QED) is 0.0692. The third-order valence-electron chi connectivity index (χ3n) is 1.69. The van der Waals surface area contributed by atoms with Gasteiger partial charge in [-0.1, -0.05) is 0 Å². The average Bonchev–Trinajstić information content (AvgIpc) is 2.53. The third kappa shape index (κ3) is 83.6. The molecule has 0 aromatic heterocycles. The molecule has 7 N–H and O–H groups in total. The van der Waals surface area contributed by atoms with Gasteiger partial charge in [0.15, 0.2) is 0 Å². The summed E-state index contributed by atoms with van der Waals surface area (Å²) in [5.41, 5.74) is 0. The van der Waals surface area contributed by atoms with Gasteiger partial charge in [0.05, 0.1) is 39.6 Å². The third-order valence-corrected chi connectivity index (χ3v) is 1.69. The SMILES string of the molecule is O=C(O)O.O=S([O-])[O-].OCCOCCOCCO.Oc1ccc(O)cc1.[Br-].[K+].[K+].[K+].[K+].[OH-]. The van der Waals surface area contributed by atoms with E-state index in [1.54, 1.807) is 0 Å². The molecule has 0 saturated heterocycles. The molecule has 32 heavy (non-hydrogen) atoms. The van der Waals surface area contributed by atoms with Gasteiger partial charge in [0.25, 0.3) is 0 Å². The molecule has 1 rings (SSSR count). The van der Waals surface area contributed by atoms with Gasteiger partial charge < -0.3 is 71.7 Å². The van der Waals surface area contributed by atoms with Crippen LogP contribution in [0.5, 0.6) is 11.5 Å². The second-order valence-corrected chi connectivity index (χ2v) is 4.08. The van der Waals surface area contributed by atoms with E-state index in [-0.39, 0.29) is 253 Å². The maximum absolute atomic E-state index is 8.65. The smallest absolute Gasteiger partial charge is 1.00 e. The number of aromatic hydroxyl groups is 2. The number of rotatable bonds is 7. The Morgan fingerprint density at radius 2 is 0.969 bits per heavy atom. The molecule has 0 bridgehead atoms. The number of benzene rings is 1. The average molecular weight is 656 g/mol. The van der Waals surface area contributed by atoms with E-state index in [0.717, 1.165) is 0 Å². The molecule has 0 radical (unpaired) electrons. The Kier molecular flexibility index (Phi) is 100. The predicted molar refractivity (Wildman–Crippen MR) is 87.9 cm³/mol. The maximum atomic E-state index is 8.65. The Labute approximate surface area is 369 Å². The largest absolute Gasteiger partial charge is 1.00 e. The van der Waals surface area contributed by atoms with Crippen molar-refractivity contribution in [2.24, 2.45) is 0 Å². The Hall–Kier alpha value is 4.99. The van der Waals surface area contributed by atoms with E-state index >= 15 is 0 Å². The molecule has 170 valence electrons. The standard InChI is InChI=1S/C6H14O4.C6H6O2.CH2O3.BrH.4K.H2O3S.H2O/c7-1-3-9-5-6-10-4-2-8;7-5-1-2-6(8)4-3-5;2-1(3)4;;;;;;1-4(2)3;/h7-8H,1-6H2;1-4,7-8H;(H2,2,3,4);1H;;;;;(H2,1,2,3);1H2/q;;;;4*+1;;/p-4. The minimum Gasteiger partial charge on any atom is -1.00 e. The molecule has 0 aliphatic rings. The summed E-state index contributed by atoms with van der Waals surface area (Å²) < 4.78 is 35.1. The molecule has 0 spiro atoms. The van der Waals surface area contributed by atoms with Gasteiger partial charge in [-0.3, -0.25) is 4.21 Å². The summed E-state index contributed by atoms with van der Waals surface area (Å²) in [4.78, 5) is 8.56. The van der Waals surface area contributed by atoms with E-state index in [4.69, 9.17) is 58.2 Å². The molecular weight excluding hydrogens is 632 g/mol. The molecule has 0 aliphatic carbocycles. The summed E-state index contributed by atoms with van der Waals surface area (Å²) in [5, 5.41) is 47.8. The summed E-state index contributed by atoms with van der Waals surface area (Å²) in [5.74, 6) is 0.339. The molecule has 1 aromatic carbocycles. The molecule has 0 heterocycles. The molecule has 19 heteroatoms. The molecule has 0 unspecified atom stereocenters. The number of hydrogen-bond acceptors (Lipinski definition) is 11. The number of hydrogen-bond donors (Lipinski definition) is 6. The molecule has 0 amide bonds. The summed E-state index contributed by atoms with van der Waals surface area (Å²) in [7, 11) is 0. The number of aliphatic hydroxyl groups is 2. The Balaban J connectivity index is -0.0000000314. The number of ether oxygens (including phenoxy) is 2.